The molecular formula is C60H87ClF4N20NaO6W5-. The summed E-state index contributed by atoms with van der Waals surface area (Å²) in [4.78, 5) is 75.2. The zero-order valence-electron chi connectivity index (χ0n) is 58.9. The minimum Gasteiger partial charge on any atom is -0.870 e. The fourth-order valence-corrected chi connectivity index (χ4v) is 7.13. The summed E-state index contributed by atoms with van der Waals surface area (Å²) in [5.41, 5.74) is 12.5. The molecule has 8 heterocycles. The maximum absolute atomic E-state index is 12.9. The van der Waals surface area contributed by atoms with Crippen LogP contribution in [0.25, 0.3) is 34.6 Å². The van der Waals surface area contributed by atoms with E-state index in [1.807, 2.05) is 127 Å². The number of rotatable bonds is 12. The third-order valence-corrected chi connectivity index (χ3v) is 11.0. The number of imidazole rings is 5. The van der Waals surface area contributed by atoms with E-state index < -0.39 is 40.8 Å². The molecule has 10 N–H and O–H groups in total. The molecule has 530 valence electrons. The molecule has 0 spiro atoms. The van der Waals surface area contributed by atoms with E-state index in [1.165, 1.54) is 7.11 Å². The van der Waals surface area contributed by atoms with Gasteiger partial charge in [0.25, 0.3) is 5.56 Å². The van der Waals surface area contributed by atoms with E-state index in [1.54, 1.807) is 37.9 Å². The third-order valence-electron chi connectivity index (χ3n) is 10.7. The first-order valence-electron chi connectivity index (χ1n) is 25.0. The summed E-state index contributed by atoms with van der Waals surface area (Å²) in [6, 6.07) is 0. The van der Waals surface area contributed by atoms with Crippen molar-refractivity contribution in [3.05, 3.63) is 202 Å². The van der Waals surface area contributed by atoms with Crippen LogP contribution >= 0.6 is 11.6 Å². The molecule has 0 bridgehead atoms. The average molecular weight is 2240 g/mol. The number of hydrogen-bond donors (Lipinski definition) is 5. The summed E-state index contributed by atoms with van der Waals surface area (Å²) in [5.74, 6) is 5.34. The minimum atomic E-state index is -1.30. The number of aryl methyl sites for hydroxylation is 5. The Balaban J connectivity index is -0.000000100. The van der Waals surface area contributed by atoms with Crippen LogP contribution in [0, 0.1) is 96.2 Å². The number of anilines is 1. The van der Waals surface area contributed by atoms with Gasteiger partial charge in [0, 0.05) is 72.0 Å². The van der Waals surface area contributed by atoms with Crippen molar-refractivity contribution < 1.29 is 177 Å². The van der Waals surface area contributed by atoms with E-state index in [0.717, 1.165) is 77.3 Å². The number of nitrogens with one attached hydrogen (secondary N) is 2. The van der Waals surface area contributed by atoms with Crippen LogP contribution in [0.5, 0.6) is 0 Å². The molecule has 0 saturated carbocycles. The van der Waals surface area contributed by atoms with Crippen molar-refractivity contribution in [2.75, 3.05) is 19.5 Å². The van der Waals surface area contributed by atoms with Gasteiger partial charge in [-0.25, -0.2) is 49.5 Å². The summed E-state index contributed by atoms with van der Waals surface area (Å²) in [6.45, 7) is 25.7. The molecule has 0 aliphatic rings. The number of carbonyl (C=O) groups is 2. The van der Waals surface area contributed by atoms with Gasteiger partial charge < -0.3 is 132 Å². The molecule has 0 aliphatic heterocycles. The molecule has 0 radical (unpaired) electrons. The van der Waals surface area contributed by atoms with Crippen LogP contribution in [0.15, 0.2) is 60.2 Å². The fraction of sp³-hybridized carbons (Fsp3) is 0.300. The van der Waals surface area contributed by atoms with Crippen LogP contribution in [0.4, 0.5) is 23.4 Å². The number of hydrogen-bond acceptors (Lipinski definition) is 19. The molecule has 8 aromatic rings. The van der Waals surface area contributed by atoms with Crippen LogP contribution in [0.3, 0.4) is 0 Å². The van der Waals surface area contributed by atoms with E-state index in [2.05, 4.69) is 70.9 Å². The molecule has 26 nitrogen and oxygen atoms in total. The van der Waals surface area contributed by atoms with Crippen LogP contribution in [-0.4, -0.2) is 115 Å². The number of halogens is 5. The number of nitrogen functional groups attached to an aromatic ring is 2. The van der Waals surface area contributed by atoms with E-state index in [-0.39, 0.29) is 213 Å². The first kappa shape index (κ1) is 116. The van der Waals surface area contributed by atoms with Gasteiger partial charge in [0.15, 0.2) is 45.8 Å². The van der Waals surface area contributed by atoms with Crippen molar-refractivity contribution in [3.8, 4) is 34.6 Å². The van der Waals surface area contributed by atoms with Gasteiger partial charge in [-0.1, -0.05) is 11.6 Å². The summed E-state index contributed by atoms with van der Waals surface area (Å²) in [6.07, 6.45) is 11.7. The Hall–Kier alpha value is -5.24. The van der Waals surface area contributed by atoms with Gasteiger partial charge >= 0.3 is 141 Å². The van der Waals surface area contributed by atoms with Gasteiger partial charge in [0.2, 0.25) is 11.8 Å². The molecule has 0 unspecified atom stereocenters. The van der Waals surface area contributed by atoms with Crippen molar-refractivity contribution >= 4 is 35.2 Å². The number of amidine groups is 1. The summed E-state index contributed by atoms with van der Waals surface area (Å²) < 4.78 is 68.1. The van der Waals surface area contributed by atoms with Crippen molar-refractivity contribution in [1.82, 2.24) is 83.8 Å². The maximum atomic E-state index is 12.9. The van der Waals surface area contributed by atoms with Crippen molar-refractivity contribution in [1.29, 1.82) is 5.41 Å². The van der Waals surface area contributed by atoms with Gasteiger partial charge in [-0.3, -0.25) is 35.1 Å². The Bertz CT molecular complexity index is 3520. The summed E-state index contributed by atoms with van der Waals surface area (Å²) in [5, 5.41) is 6.98. The number of aromatic nitrogens is 16. The predicted octanol–water partition coefficient (Wildman–Crippen LogP) is 7.36. The monoisotopic (exact) mass is 2240 g/mol. The SMILES string of the molecule is COC(=O)c1cn(C)c([C-](C)C)n1.C[C-](C)c1nc(-c2ncc(F)c(=O)[nH]2)cn1C.C[C-](C)c1nc(-c2ncc(F)c(Cl)n2)cn1C.C[C-](C)c1nc(-c2ncc(F)c(N)n2)cn1C.C[C-](C)c1nc(C(=N)N)cn1C.N.[CH-]=C(F)C(=O)OCC.[CH3-].[CH3-].[CH3-].[CH3-].[CH3-].[Na+].[OH-].[W+2].[W+2].[W+2].[W+2].[W+2]. The van der Waals surface area contributed by atoms with E-state index in [4.69, 9.17) is 28.5 Å². The van der Waals surface area contributed by atoms with Crippen molar-refractivity contribution in [2.24, 2.45) is 41.0 Å². The number of nitrogens with two attached hydrogens (primary N) is 2. The zero-order valence-corrected chi connectivity index (χ0v) is 76.3. The number of ether oxygens (including phenoxy) is 2. The van der Waals surface area contributed by atoms with Gasteiger partial charge in [0.05, 0.1) is 32.3 Å². The number of nitrogens with zero attached hydrogens (tertiary/aromatic N) is 15. The standard InChI is InChI=1S/C11H11ClFN4.C11H13FN5.C11H12FN4O.C9H13N2O2.C8H13N4.C5H6FO2.5CH3.H3N.Na.H2O.5W/c1-6(2)11-15-8(5-17(11)3)10-14-4-7(13)9(12)16-10;1-6(2)11-15-8(5-17(11)3)10-14-4-7(12)9(13)16-10;1-6(2)10-14-8(5-16(10)3)9-13-4-7(12)11(17)15-9;1-6(2)8-10-7(5-11(8)3)9(12)13-4;1-5(2)8-11-6(7(9)10)4-12(8)3;1-3-8-5(7)4(2)6;;;;;;;;;;;;;/h4-5H,1-3H3;4-5H,1-3H3,(H2,13,14,16);4-5H,1-3H3,(H,13,15,17);5H,1-4H3;4H,1-3H3,(H3,9,10);2H,3H2,1H3;6*1H3;;1H2;;;;;/q11*-1;;+1;;5*+2/p-1. The van der Waals surface area contributed by atoms with Crippen molar-refractivity contribution in [3.63, 3.8) is 0 Å². The number of carbonyl (C=O) groups excluding carboxylic acids is 2. The van der Waals surface area contributed by atoms with Crippen LogP contribution in [0.1, 0.15) is 121 Å². The quantitative estimate of drug-likeness (QED) is 0.0116. The van der Waals surface area contributed by atoms with Gasteiger partial charge in [0.1, 0.15) is 28.6 Å². The van der Waals surface area contributed by atoms with Gasteiger partial charge in [-0.05, 0) is 36.0 Å². The number of methoxy groups -OCH3 is 1. The van der Waals surface area contributed by atoms with Gasteiger partial charge in [-0.15, -0.1) is 0 Å². The predicted molar refractivity (Wildman–Crippen MR) is 347 cm³/mol. The summed E-state index contributed by atoms with van der Waals surface area (Å²) >= 11 is 5.61. The van der Waals surface area contributed by atoms with Crippen molar-refractivity contribution in [2.45, 2.75) is 76.2 Å². The molecule has 0 saturated heterocycles. The second-order valence-electron chi connectivity index (χ2n) is 18.9. The molecule has 0 fully saturated rings. The normalized spacial score (nSPS) is 8.80. The molecule has 0 amide bonds. The molecule has 8 rings (SSSR count). The fourth-order valence-electron chi connectivity index (χ4n) is 7.00. The van der Waals surface area contributed by atoms with E-state index in [0.29, 0.717) is 40.1 Å². The molecule has 0 aliphatic carbocycles. The maximum Gasteiger partial charge on any atom is 2.00 e. The molecule has 37 heteroatoms. The number of esters is 2. The van der Waals surface area contributed by atoms with Gasteiger partial charge in [-0.2, -0.15) is 73.6 Å². The first-order valence-corrected chi connectivity index (χ1v) is 25.4. The first-order chi connectivity index (χ1) is 39.2. The molecule has 8 aromatic heterocycles. The summed E-state index contributed by atoms with van der Waals surface area (Å²) in [7, 11) is 10.7. The van der Waals surface area contributed by atoms with Crippen LogP contribution in [0.2, 0.25) is 5.15 Å². The van der Waals surface area contributed by atoms with Crippen LogP contribution in [-0.2, 0) is 155 Å². The topological polar surface area (TPSA) is 380 Å². The minimum absolute atomic E-state index is 0. The molecule has 0 atom stereocenters. The second kappa shape index (κ2) is 54.6. The smallest absolute Gasteiger partial charge is 0.870 e. The molecule has 0 aromatic carbocycles. The molecule has 97 heavy (non-hydrogen) atoms. The second-order valence-corrected chi connectivity index (χ2v) is 19.3. The Kier molecular flexibility index (Phi) is 65.2. The zero-order chi connectivity index (χ0) is 63.6. The van der Waals surface area contributed by atoms with Crippen LogP contribution < -0.4 is 52.7 Å². The Morgan fingerprint density at radius 3 is 1.22 bits per heavy atom. The largest absolute Gasteiger partial charge is 2.00 e. The third kappa shape index (κ3) is 35.1. The average Bonchev–Trinajstić information content (AvgIpc) is 1.75. The number of H-pyrrole nitrogens is 1. The van der Waals surface area contributed by atoms with E-state index in [9.17, 15) is 31.9 Å². The number of aromatic amines is 1. The molecular weight excluding hydrogens is 2150 g/mol. The Labute approximate surface area is 668 Å². The Morgan fingerprint density at radius 1 is 0.588 bits per heavy atom. The Morgan fingerprint density at radius 2 is 0.918 bits per heavy atom. The van der Waals surface area contributed by atoms with E-state index >= 15 is 0 Å².